The fraction of sp³-hybridized carbons (Fsp3) is 0.179. The highest BCUT2D eigenvalue weighted by molar-refractivity contribution is 6.51. The Labute approximate surface area is 213 Å². The van der Waals surface area contributed by atoms with Crippen LogP contribution in [0, 0.1) is 0 Å². The molecular weight excluding hydrogens is 478 g/mol. The van der Waals surface area contributed by atoms with Gasteiger partial charge in [0, 0.05) is 18.7 Å². The van der Waals surface area contributed by atoms with Gasteiger partial charge in [0.05, 0.1) is 38.5 Å². The van der Waals surface area contributed by atoms with E-state index in [1.165, 1.54) is 39.2 Å². The van der Waals surface area contributed by atoms with Crippen molar-refractivity contribution in [1.82, 2.24) is 0 Å². The van der Waals surface area contributed by atoms with Gasteiger partial charge in [-0.2, -0.15) is 0 Å². The van der Waals surface area contributed by atoms with E-state index in [9.17, 15) is 19.5 Å². The van der Waals surface area contributed by atoms with E-state index in [-0.39, 0.29) is 22.6 Å². The average molecular weight is 504 g/mol. The lowest BCUT2D eigenvalue weighted by molar-refractivity contribution is -0.132. The third-order valence-electron chi connectivity index (χ3n) is 5.87. The molecule has 3 aromatic carbocycles. The molecule has 1 aliphatic rings. The number of aliphatic hydroxyl groups excluding tert-OH is 1. The van der Waals surface area contributed by atoms with E-state index in [2.05, 4.69) is 0 Å². The molecule has 1 fully saturated rings. The number of hydrogen-bond donors (Lipinski definition) is 1. The summed E-state index contributed by atoms with van der Waals surface area (Å²) in [7, 11) is 4.38. The Kier molecular flexibility index (Phi) is 7.15. The van der Waals surface area contributed by atoms with Crippen molar-refractivity contribution in [3.63, 3.8) is 0 Å². The van der Waals surface area contributed by atoms with Crippen LogP contribution in [-0.4, -0.2) is 44.1 Å². The summed E-state index contributed by atoms with van der Waals surface area (Å²) in [5.41, 5.74) is 0.816. The van der Waals surface area contributed by atoms with Crippen LogP contribution in [0.1, 0.15) is 24.1 Å². The van der Waals surface area contributed by atoms with Crippen molar-refractivity contribution in [3.05, 3.63) is 83.4 Å². The number of ketones is 1. The predicted octanol–water partition coefficient (Wildman–Crippen LogP) is 4.26. The van der Waals surface area contributed by atoms with E-state index < -0.39 is 29.5 Å². The molecule has 190 valence electrons. The molecule has 1 amide bonds. The number of ether oxygens (including phenoxy) is 4. The maximum Gasteiger partial charge on any atom is 0.308 e. The molecular formula is C28H25NO8. The molecule has 9 heteroatoms. The van der Waals surface area contributed by atoms with Crippen LogP contribution in [0.4, 0.5) is 5.69 Å². The van der Waals surface area contributed by atoms with Crippen LogP contribution in [0.15, 0.2) is 72.3 Å². The fourth-order valence-corrected chi connectivity index (χ4v) is 4.23. The van der Waals surface area contributed by atoms with Gasteiger partial charge in [-0.1, -0.05) is 18.2 Å². The van der Waals surface area contributed by atoms with E-state index in [1.54, 1.807) is 60.7 Å². The summed E-state index contributed by atoms with van der Waals surface area (Å²) in [6.45, 7) is 1.27. The lowest BCUT2D eigenvalue weighted by Crippen LogP contribution is -2.29. The Balaban J connectivity index is 1.99. The van der Waals surface area contributed by atoms with Gasteiger partial charge in [-0.05, 0) is 48.0 Å². The Morgan fingerprint density at radius 2 is 1.51 bits per heavy atom. The Hall–Kier alpha value is -4.79. The van der Waals surface area contributed by atoms with Crippen molar-refractivity contribution < 1.29 is 38.4 Å². The van der Waals surface area contributed by atoms with Crippen LogP contribution in [0.5, 0.6) is 23.0 Å². The standard InChI is InChI=1S/C28H25NO8/c1-16(30)37-21-10-5-7-17(13-21)25-24(26(31)22-15-20(35-3)11-12-23(22)36-4)27(32)28(33)29(25)18-8-6-9-19(14-18)34-2/h5-15,25,31H,1-4H3/b26-24+. The molecule has 1 unspecified atom stereocenters. The summed E-state index contributed by atoms with van der Waals surface area (Å²) in [6, 6.07) is 16.8. The first kappa shape index (κ1) is 25.3. The fourth-order valence-electron chi connectivity index (χ4n) is 4.23. The number of carbonyl (C=O) groups excluding carboxylic acids is 3. The van der Waals surface area contributed by atoms with Crippen molar-refractivity contribution in [1.29, 1.82) is 0 Å². The SMILES string of the molecule is COc1cccc(N2C(=O)C(=O)/C(=C(/O)c3cc(OC)ccc3OC)C2c2cccc(OC(C)=O)c2)c1. The molecule has 1 N–H and O–H groups in total. The molecule has 0 saturated carbocycles. The second kappa shape index (κ2) is 10.4. The van der Waals surface area contributed by atoms with E-state index in [4.69, 9.17) is 18.9 Å². The molecule has 0 bridgehead atoms. The van der Waals surface area contributed by atoms with Gasteiger partial charge in [-0.15, -0.1) is 0 Å². The molecule has 0 aliphatic carbocycles. The molecule has 3 aromatic rings. The Morgan fingerprint density at radius 3 is 2.19 bits per heavy atom. The van der Waals surface area contributed by atoms with Gasteiger partial charge in [0.25, 0.3) is 11.7 Å². The quantitative estimate of drug-likeness (QED) is 0.167. The zero-order valence-electron chi connectivity index (χ0n) is 20.7. The summed E-state index contributed by atoms with van der Waals surface area (Å²) in [6.07, 6.45) is 0. The Morgan fingerprint density at radius 1 is 0.838 bits per heavy atom. The molecule has 37 heavy (non-hydrogen) atoms. The number of carbonyl (C=O) groups is 3. The minimum Gasteiger partial charge on any atom is -0.507 e. The first-order chi connectivity index (χ1) is 17.8. The van der Waals surface area contributed by atoms with Crippen molar-refractivity contribution in [2.24, 2.45) is 0 Å². The van der Waals surface area contributed by atoms with Crippen molar-refractivity contribution in [3.8, 4) is 23.0 Å². The van der Waals surface area contributed by atoms with Crippen molar-refractivity contribution in [2.45, 2.75) is 13.0 Å². The highest BCUT2D eigenvalue weighted by Gasteiger charge is 2.47. The predicted molar refractivity (Wildman–Crippen MR) is 135 cm³/mol. The third kappa shape index (κ3) is 4.84. The van der Waals surface area contributed by atoms with Crippen molar-refractivity contribution in [2.75, 3.05) is 26.2 Å². The number of esters is 1. The number of Topliss-reactive ketones (excluding diaryl/α,β-unsaturated/α-hetero) is 1. The Bertz CT molecular complexity index is 1410. The lowest BCUT2D eigenvalue weighted by atomic mass is 9.94. The van der Waals surface area contributed by atoms with Gasteiger partial charge in [0.1, 0.15) is 28.8 Å². The van der Waals surface area contributed by atoms with Gasteiger partial charge >= 0.3 is 5.97 Å². The number of hydrogen-bond acceptors (Lipinski definition) is 8. The first-order valence-electron chi connectivity index (χ1n) is 11.2. The van der Waals surface area contributed by atoms with E-state index in [0.717, 1.165) is 0 Å². The van der Waals surface area contributed by atoms with Crippen molar-refractivity contribution >= 4 is 29.1 Å². The van der Waals surface area contributed by atoms with Crippen LogP contribution in [0.25, 0.3) is 5.76 Å². The van der Waals surface area contributed by atoms with Crippen LogP contribution in [0.3, 0.4) is 0 Å². The number of benzene rings is 3. The molecule has 1 atom stereocenters. The molecule has 4 rings (SSSR count). The first-order valence-corrected chi connectivity index (χ1v) is 11.2. The number of nitrogens with zero attached hydrogens (tertiary/aromatic N) is 1. The number of rotatable bonds is 7. The summed E-state index contributed by atoms with van der Waals surface area (Å²) >= 11 is 0. The molecule has 9 nitrogen and oxygen atoms in total. The average Bonchev–Trinajstić information content (AvgIpc) is 3.17. The number of amides is 1. The van der Waals surface area contributed by atoms with E-state index in [1.807, 2.05) is 0 Å². The summed E-state index contributed by atoms with van der Waals surface area (Å²) in [4.78, 5) is 39.7. The van der Waals surface area contributed by atoms with Crippen LogP contribution in [-0.2, 0) is 14.4 Å². The minimum atomic E-state index is -1.06. The molecule has 1 saturated heterocycles. The maximum atomic E-state index is 13.5. The molecule has 1 aliphatic heterocycles. The third-order valence-corrected chi connectivity index (χ3v) is 5.87. The maximum absolute atomic E-state index is 13.5. The molecule has 1 heterocycles. The second-order valence-corrected chi connectivity index (χ2v) is 8.10. The normalized spacial score (nSPS) is 16.4. The zero-order chi connectivity index (χ0) is 26.7. The number of methoxy groups -OCH3 is 3. The number of anilines is 1. The van der Waals surface area contributed by atoms with E-state index >= 15 is 0 Å². The number of aliphatic hydroxyl groups is 1. The lowest BCUT2D eigenvalue weighted by Gasteiger charge is -2.26. The summed E-state index contributed by atoms with van der Waals surface area (Å²) in [5, 5.41) is 11.5. The summed E-state index contributed by atoms with van der Waals surface area (Å²) in [5.74, 6) is -1.33. The van der Waals surface area contributed by atoms with E-state index in [0.29, 0.717) is 22.7 Å². The molecule has 0 spiro atoms. The highest BCUT2D eigenvalue weighted by Crippen LogP contribution is 2.44. The second-order valence-electron chi connectivity index (χ2n) is 8.10. The van der Waals surface area contributed by atoms with Crippen LogP contribution >= 0.6 is 0 Å². The van der Waals surface area contributed by atoms with Gasteiger partial charge < -0.3 is 24.1 Å². The largest absolute Gasteiger partial charge is 0.507 e. The molecule has 0 radical (unpaired) electrons. The van der Waals surface area contributed by atoms with Gasteiger partial charge in [-0.3, -0.25) is 19.3 Å². The zero-order valence-corrected chi connectivity index (χ0v) is 20.7. The van der Waals surface area contributed by atoms with Crippen LogP contribution in [0.2, 0.25) is 0 Å². The van der Waals surface area contributed by atoms with Gasteiger partial charge in [0.15, 0.2) is 0 Å². The van der Waals surface area contributed by atoms with Crippen LogP contribution < -0.4 is 23.8 Å². The summed E-state index contributed by atoms with van der Waals surface area (Å²) < 4.78 is 21.2. The highest BCUT2D eigenvalue weighted by atomic mass is 16.5. The minimum absolute atomic E-state index is 0.167. The monoisotopic (exact) mass is 503 g/mol. The molecule has 0 aromatic heterocycles. The smallest absolute Gasteiger partial charge is 0.308 e. The van der Waals surface area contributed by atoms with Gasteiger partial charge in [0.2, 0.25) is 0 Å². The van der Waals surface area contributed by atoms with Gasteiger partial charge in [-0.25, -0.2) is 0 Å². The topological polar surface area (TPSA) is 112 Å².